The van der Waals surface area contributed by atoms with Crippen molar-refractivity contribution in [3.63, 3.8) is 0 Å². The molecule has 0 radical (unpaired) electrons. The second-order valence-electron chi connectivity index (χ2n) is 8.11. The number of nitro groups is 1. The van der Waals surface area contributed by atoms with Crippen molar-refractivity contribution in [1.82, 2.24) is 14.8 Å². The Hall–Kier alpha value is -2.79. The second-order valence-corrected chi connectivity index (χ2v) is 11.0. The lowest BCUT2D eigenvalue weighted by molar-refractivity contribution is -0.479. The summed E-state index contributed by atoms with van der Waals surface area (Å²) in [5.41, 5.74) is 2.31. The molecular formula is C26H23BrCl2N4O4S. The molecule has 3 aromatic carbocycles. The van der Waals surface area contributed by atoms with Gasteiger partial charge in [0.2, 0.25) is 6.54 Å². The summed E-state index contributed by atoms with van der Waals surface area (Å²) < 4.78 is 14.4. The lowest BCUT2D eigenvalue weighted by Crippen LogP contribution is -2.12. The molecule has 4 rings (SSSR count). The fourth-order valence-electron chi connectivity index (χ4n) is 3.73. The Balaban J connectivity index is 1.67. The first kappa shape index (κ1) is 28.2. The lowest BCUT2D eigenvalue weighted by atomic mass is 10.1. The number of para-hydroxylation sites is 1. The fourth-order valence-corrected chi connectivity index (χ4v) is 5.92. The van der Waals surface area contributed by atoms with E-state index in [1.807, 2.05) is 48.7 Å². The van der Waals surface area contributed by atoms with Crippen LogP contribution >= 0.6 is 50.9 Å². The standard InChI is InChI=1S/C26H23BrCl2N4O4S/c1-3-36-23-12-18(11-21(27)25(23)37-15-17-9-10-19(28)13-22(17)29)24(14-32(34)35)38-26-31-30-16(2)33(26)20-7-5-4-6-8-20/h4-13,24H,3,14-15H2,1-2H3/t24-/m1/s1. The molecule has 0 bridgehead atoms. The molecule has 0 saturated carbocycles. The predicted octanol–water partition coefficient (Wildman–Crippen LogP) is 7.73. The van der Waals surface area contributed by atoms with Crippen LogP contribution in [0.25, 0.3) is 5.69 Å². The van der Waals surface area contributed by atoms with Crippen LogP contribution in [-0.4, -0.2) is 32.8 Å². The molecule has 0 fully saturated rings. The van der Waals surface area contributed by atoms with E-state index in [0.29, 0.717) is 49.2 Å². The van der Waals surface area contributed by atoms with E-state index < -0.39 is 5.25 Å². The van der Waals surface area contributed by atoms with Crippen LogP contribution in [0, 0.1) is 17.0 Å². The van der Waals surface area contributed by atoms with E-state index in [9.17, 15) is 10.1 Å². The Morgan fingerprint density at radius 1 is 1.11 bits per heavy atom. The monoisotopic (exact) mass is 636 g/mol. The number of aromatic nitrogens is 3. The number of nitrogens with zero attached hydrogens (tertiary/aromatic N) is 4. The van der Waals surface area contributed by atoms with E-state index in [0.717, 1.165) is 11.3 Å². The van der Waals surface area contributed by atoms with Crippen LogP contribution in [0.2, 0.25) is 10.0 Å². The molecular weight excluding hydrogens is 615 g/mol. The molecule has 0 aliphatic heterocycles. The summed E-state index contributed by atoms with van der Waals surface area (Å²) in [6.45, 7) is 3.93. The van der Waals surface area contributed by atoms with Gasteiger partial charge in [-0.2, -0.15) is 0 Å². The molecule has 0 saturated heterocycles. The topological polar surface area (TPSA) is 92.3 Å². The number of rotatable bonds is 11. The lowest BCUT2D eigenvalue weighted by Gasteiger charge is -2.19. The van der Waals surface area contributed by atoms with Gasteiger partial charge in [-0.3, -0.25) is 14.7 Å². The van der Waals surface area contributed by atoms with Crippen LogP contribution in [0.3, 0.4) is 0 Å². The zero-order chi connectivity index (χ0) is 27.2. The largest absolute Gasteiger partial charge is 0.490 e. The van der Waals surface area contributed by atoms with Crippen LogP contribution in [0.1, 0.15) is 29.1 Å². The number of hydrogen-bond acceptors (Lipinski definition) is 7. The van der Waals surface area contributed by atoms with E-state index >= 15 is 0 Å². The summed E-state index contributed by atoms with van der Waals surface area (Å²) in [6, 6.07) is 18.4. The van der Waals surface area contributed by atoms with Crippen LogP contribution in [0.4, 0.5) is 0 Å². The van der Waals surface area contributed by atoms with E-state index in [1.165, 1.54) is 11.8 Å². The first-order valence-corrected chi connectivity index (χ1v) is 14.0. The highest BCUT2D eigenvalue weighted by molar-refractivity contribution is 9.10. The quantitative estimate of drug-likeness (QED) is 0.0943. The van der Waals surface area contributed by atoms with Crippen LogP contribution in [0.5, 0.6) is 11.5 Å². The molecule has 4 aromatic rings. The Labute approximate surface area is 242 Å². The third-order valence-corrected chi connectivity index (χ3v) is 7.82. The number of aryl methyl sites for hydroxylation is 1. The highest BCUT2D eigenvalue weighted by atomic mass is 79.9. The average molecular weight is 638 g/mol. The van der Waals surface area contributed by atoms with Gasteiger partial charge in [-0.1, -0.05) is 59.2 Å². The maximum absolute atomic E-state index is 11.7. The second kappa shape index (κ2) is 12.8. The molecule has 1 heterocycles. The summed E-state index contributed by atoms with van der Waals surface area (Å²) in [7, 11) is 0. The SMILES string of the molecule is CCOc1cc([C@@H](C[N+](=O)[O-])Sc2nnc(C)n2-c2ccccc2)cc(Br)c1OCc1ccc(Cl)cc1Cl. The summed E-state index contributed by atoms with van der Waals surface area (Å²) in [6.07, 6.45) is 0. The Kier molecular flexibility index (Phi) is 9.54. The molecule has 0 amide bonds. The summed E-state index contributed by atoms with van der Waals surface area (Å²) in [5.74, 6) is 1.60. The molecule has 0 unspecified atom stereocenters. The first-order valence-electron chi connectivity index (χ1n) is 11.6. The number of benzene rings is 3. The Morgan fingerprint density at radius 2 is 1.87 bits per heavy atom. The van der Waals surface area contributed by atoms with Gasteiger partial charge in [0, 0.05) is 26.2 Å². The van der Waals surface area contributed by atoms with Crippen LogP contribution in [-0.2, 0) is 6.61 Å². The third kappa shape index (κ3) is 6.79. The molecule has 0 N–H and O–H groups in total. The summed E-state index contributed by atoms with van der Waals surface area (Å²) in [4.78, 5) is 11.3. The maximum Gasteiger partial charge on any atom is 0.220 e. The molecule has 12 heteroatoms. The number of thioether (sulfide) groups is 1. The molecule has 1 atom stereocenters. The number of ether oxygens (including phenoxy) is 2. The van der Waals surface area contributed by atoms with Crippen molar-refractivity contribution in [3.8, 4) is 17.2 Å². The first-order chi connectivity index (χ1) is 18.3. The number of halogens is 3. The van der Waals surface area contributed by atoms with Crippen molar-refractivity contribution in [2.45, 2.75) is 30.9 Å². The predicted molar refractivity (Wildman–Crippen MR) is 153 cm³/mol. The molecule has 0 aliphatic carbocycles. The molecule has 198 valence electrons. The summed E-state index contributed by atoms with van der Waals surface area (Å²) in [5, 5.41) is 21.2. The fraction of sp³-hybridized carbons (Fsp3) is 0.231. The highest BCUT2D eigenvalue weighted by Crippen LogP contribution is 2.43. The van der Waals surface area contributed by atoms with Crippen molar-refractivity contribution in [2.24, 2.45) is 0 Å². The van der Waals surface area contributed by atoms with Crippen molar-refractivity contribution in [1.29, 1.82) is 0 Å². The van der Waals surface area contributed by atoms with Crippen molar-refractivity contribution < 1.29 is 14.4 Å². The molecule has 38 heavy (non-hydrogen) atoms. The normalized spacial score (nSPS) is 11.8. The minimum absolute atomic E-state index is 0.181. The van der Waals surface area contributed by atoms with Gasteiger partial charge >= 0.3 is 0 Å². The molecule has 8 nitrogen and oxygen atoms in total. The van der Waals surface area contributed by atoms with Gasteiger partial charge in [0.1, 0.15) is 17.7 Å². The average Bonchev–Trinajstić information content (AvgIpc) is 3.24. The van der Waals surface area contributed by atoms with Gasteiger partial charge in [-0.15, -0.1) is 10.2 Å². The van der Waals surface area contributed by atoms with Gasteiger partial charge in [0.05, 0.1) is 11.1 Å². The molecule has 0 aliphatic rings. The van der Waals surface area contributed by atoms with Gasteiger partial charge < -0.3 is 9.47 Å². The Morgan fingerprint density at radius 3 is 2.55 bits per heavy atom. The zero-order valence-electron chi connectivity index (χ0n) is 20.4. The van der Waals surface area contributed by atoms with Crippen molar-refractivity contribution in [2.75, 3.05) is 13.2 Å². The minimum Gasteiger partial charge on any atom is -0.490 e. The van der Waals surface area contributed by atoms with E-state index in [1.54, 1.807) is 30.3 Å². The van der Waals surface area contributed by atoms with Gasteiger partial charge in [-0.05, 0) is 71.7 Å². The maximum atomic E-state index is 11.7. The van der Waals surface area contributed by atoms with E-state index in [4.69, 9.17) is 32.7 Å². The van der Waals surface area contributed by atoms with Gasteiger partial charge in [0.15, 0.2) is 16.7 Å². The minimum atomic E-state index is -0.577. The summed E-state index contributed by atoms with van der Waals surface area (Å²) >= 11 is 17.1. The Bertz CT molecular complexity index is 1440. The number of hydrogen-bond donors (Lipinski definition) is 0. The third-order valence-electron chi connectivity index (χ3n) is 5.46. The molecule has 0 spiro atoms. The van der Waals surface area contributed by atoms with Crippen molar-refractivity contribution >= 4 is 50.9 Å². The zero-order valence-corrected chi connectivity index (χ0v) is 24.4. The van der Waals surface area contributed by atoms with E-state index in [2.05, 4.69) is 26.1 Å². The van der Waals surface area contributed by atoms with Gasteiger partial charge in [0.25, 0.3) is 0 Å². The van der Waals surface area contributed by atoms with Crippen LogP contribution < -0.4 is 9.47 Å². The van der Waals surface area contributed by atoms with Crippen LogP contribution in [0.15, 0.2) is 70.3 Å². The van der Waals surface area contributed by atoms with Gasteiger partial charge in [-0.25, -0.2) is 0 Å². The van der Waals surface area contributed by atoms with Crippen molar-refractivity contribution in [3.05, 3.63) is 102 Å². The highest BCUT2D eigenvalue weighted by Gasteiger charge is 2.26. The van der Waals surface area contributed by atoms with E-state index in [-0.39, 0.29) is 18.1 Å². The smallest absolute Gasteiger partial charge is 0.220 e. The molecule has 1 aromatic heterocycles.